The van der Waals surface area contributed by atoms with Gasteiger partial charge in [-0.3, -0.25) is 4.79 Å². The average molecular weight is 484 g/mol. The summed E-state index contributed by atoms with van der Waals surface area (Å²) in [5, 5.41) is 13.5. The molecule has 35 heavy (non-hydrogen) atoms. The second-order valence-electron chi connectivity index (χ2n) is 9.37. The Labute approximate surface area is 210 Å². The second kappa shape index (κ2) is 10.1. The minimum Gasteiger partial charge on any atom is -0.481 e. The molecule has 0 spiro atoms. The monoisotopic (exact) mass is 483 g/mol. The van der Waals surface area contributed by atoms with Crippen LogP contribution in [-0.2, 0) is 22.4 Å². The molecule has 0 amide bonds. The van der Waals surface area contributed by atoms with Crippen LogP contribution in [-0.4, -0.2) is 22.0 Å². The summed E-state index contributed by atoms with van der Waals surface area (Å²) < 4.78 is 5.72. The summed E-state index contributed by atoms with van der Waals surface area (Å²) in [7, 11) is 0. The van der Waals surface area contributed by atoms with Crippen LogP contribution in [0.3, 0.4) is 0 Å². The molecule has 0 radical (unpaired) electrons. The number of hydrogen-bond acceptors (Lipinski definition) is 4. The molecule has 1 aromatic heterocycles. The largest absolute Gasteiger partial charge is 0.481 e. The fourth-order valence-electron chi connectivity index (χ4n) is 4.63. The molecule has 0 aliphatic heterocycles. The molecule has 0 atom stereocenters. The van der Waals surface area contributed by atoms with Gasteiger partial charge in [0, 0.05) is 22.3 Å². The molecular weight excluding hydrogens is 454 g/mol. The predicted molar refractivity (Wildman–Crippen MR) is 142 cm³/mol. The number of benzene rings is 3. The smallest absolute Gasteiger partial charge is 0.304 e. The Balaban J connectivity index is 1.25. The normalized spacial score (nSPS) is 14.1. The lowest BCUT2D eigenvalue weighted by atomic mass is 9.91. The summed E-state index contributed by atoms with van der Waals surface area (Å²) in [4.78, 5) is 11.2. The summed E-state index contributed by atoms with van der Waals surface area (Å²) in [5.41, 5.74) is 7.72. The highest BCUT2D eigenvalue weighted by Crippen LogP contribution is 2.51. The van der Waals surface area contributed by atoms with Gasteiger partial charge >= 0.3 is 5.97 Å². The highest BCUT2D eigenvalue weighted by Gasteiger charge is 2.45. The maximum absolute atomic E-state index is 11.2. The lowest BCUT2D eigenvalue weighted by molar-refractivity contribution is -0.137. The van der Waals surface area contributed by atoms with Crippen LogP contribution in [0.15, 0.2) is 83.4 Å². The molecule has 5 rings (SSSR count). The molecule has 4 aromatic rings. The molecular formula is C30H29NO3S. The SMILES string of the molecule is Cc1noc(-c2ccc(-c3ccc(C4(CC(=O)O)CC4)cc3)cc2)c1CSCCc1ccccc1. The van der Waals surface area contributed by atoms with Gasteiger partial charge in [-0.15, -0.1) is 0 Å². The number of carboxylic acid groups (broad SMARTS) is 1. The van der Waals surface area contributed by atoms with E-state index in [-0.39, 0.29) is 11.8 Å². The van der Waals surface area contributed by atoms with Crippen LogP contribution in [0.25, 0.3) is 22.5 Å². The van der Waals surface area contributed by atoms with Crippen molar-refractivity contribution >= 4 is 17.7 Å². The van der Waals surface area contributed by atoms with E-state index in [1.54, 1.807) is 0 Å². The van der Waals surface area contributed by atoms with Crippen molar-refractivity contribution in [3.8, 4) is 22.5 Å². The van der Waals surface area contributed by atoms with Crippen LogP contribution in [0.4, 0.5) is 0 Å². The Morgan fingerprint density at radius 1 is 0.943 bits per heavy atom. The molecule has 0 unspecified atom stereocenters. The van der Waals surface area contributed by atoms with Gasteiger partial charge in [0.15, 0.2) is 5.76 Å². The number of aliphatic carboxylic acids is 1. The topological polar surface area (TPSA) is 63.3 Å². The molecule has 3 aromatic carbocycles. The van der Waals surface area contributed by atoms with Crippen LogP contribution in [0.5, 0.6) is 0 Å². The van der Waals surface area contributed by atoms with Gasteiger partial charge in [-0.1, -0.05) is 84.0 Å². The van der Waals surface area contributed by atoms with Crippen molar-refractivity contribution in [2.75, 3.05) is 5.75 Å². The van der Waals surface area contributed by atoms with Crippen LogP contribution < -0.4 is 0 Å². The van der Waals surface area contributed by atoms with E-state index in [0.717, 1.165) is 70.0 Å². The molecule has 1 saturated carbocycles. The van der Waals surface area contributed by atoms with Gasteiger partial charge in [-0.25, -0.2) is 0 Å². The van der Waals surface area contributed by atoms with E-state index in [2.05, 4.69) is 84.0 Å². The van der Waals surface area contributed by atoms with Crippen molar-refractivity contribution in [3.05, 3.63) is 101 Å². The molecule has 1 aliphatic rings. The molecule has 1 heterocycles. The van der Waals surface area contributed by atoms with E-state index < -0.39 is 5.97 Å². The third-order valence-corrected chi connectivity index (χ3v) is 7.92. The maximum atomic E-state index is 11.2. The fourth-order valence-corrected chi connectivity index (χ4v) is 5.70. The zero-order valence-corrected chi connectivity index (χ0v) is 20.7. The van der Waals surface area contributed by atoms with Gasteiger partial charge in [0.1, 0.15) is 0 Å². The predicted octanol–water partition coefficient (Wildman–Crippen LogP) is 7.30. The molecule has 0 saturated heterocycles. The first-order valence-corrected chi connectivity index (χ1v) is 13.2. The molecule has 5 heteroatoms. The number of rotatable bonds is 10. The van der Waals surface area contributed by atoms with E-state index in [1.165, 1.54) is 5.56 Å². The Morgan fingerprint density at radius 3 is 2.20 bits per heavy atom. The average Bonchev–Trinajstić information content (AvgIpc) is 3.56. The molecule has 1 fully saturated rings. The highest BCUT2D eigenvalue weighted by molar-refractivity contribution is 7.98. The fraction of sp³-hybridized carbons (Fsp3) is 0.267. The Morgan fingerprint density at radius 2 is 1.57 bits per heavy atom. The number of carboxylic acids is 1. The van der Waals surface area contributed by atoms with Crippen molar-refractivity contribution < 1.29 is 14.4 Å². The van der Waals surface area contributed by atoms with Gasteiger partial charge in [-0.05, 0) is 54.2 Å². The summed E-state index contributed by atoms with van der Waals surface area (Å²) in [6, 6.07) is 27.3. The van der Waals surface area contributed by atoms with Gasteiger partial charge in [0.05, 0.1) is 12.1 Å². The molecule has 178 valence electrons. The van der Waals surface area contributed by atoms with E-state index in [9.17, 15) is 9.90 Å². The minimum absolute atomic E-state index is 0.159. The van der Waals surface area contributed by atoms with Gasteiger partial charge in [0.25, 0.3) is 0 Å². The Hall–Kier alpha value is -3.31. The number of aryl methyl sites for hydroxylation is 2. The molecule has 1 aliphatic carbocycles. The Kier molecular flexibility index (Phi) is 6.78. The number of nitrogens with zero attached hydrogens (tertiary/aromatic N) is 1. The highest BCUT2D eigenvalue weighted by atomic mass is 32.2. The standard InChI is InChI=1S/C30H29NO3S/c1-21-27(20-35-18-15-22-5-3-2-4-6-22)29(34-31-21)25-9-7-23(8-10-25)24-11-13-26(14-12-24)30(16-17-30)19-28(32)33/h2-14H,15-20H2,1H3,(H,32,33). The van der Waals surface area contributed by atoms with Gasteiger partial charge in [-0.2, -0.15) is 11.8 Å². The van der Waals surface area contributed by atoms with Crippen molar-refractivity contribution in [1.29, 1.82) is 0 Å². The first-order valence-electron chi connectivity index (χ1n) is 12.0. The quantitative estimate of drug-likeness (QED) is 0.240. The lowest BCUT2D eigenvalue weighted by Gasteiger charge is -2.13. The Bertz CT molecular complexity index is 1290. The molecule has 4 nitrogen and oxygen atoms in total. The summed E-state index contributed by atoms with van der Waals surface area (Å²) in [6.07, 6.45) is 3.17. The van der Waals surface area contributed by atoms with Gasteiger partial charge < -0.3 is 9.63 Å². The van der Waals surface area contributed by atoms with Crippen LogP contribution in [0.1, 0.15) is 41.6 Å². The van der Waals surface area contributed by atoms with E-state index in [0.29, 0.717) is 0 Å². The van der Waals surface area contributed by atoms with Gasteiger partial charge in [0.2, 0.25) is 0 Å². The van der Waals surface area contributed by atoms with Crippen molar-refractivity contribution in [2.45, 2.75) is 43.8 Å². The number of aromatic nitrogens is 1. The molecule has 0 bridgehead atoms. The third kappa shape index (κ3) is 5.35. The van der Waals surface area contributed by atoms with Crippen LogP contribution >= 0.6 is 11.8 Å². The maximum Gasteiger partial charge on any atom is 0.304 e. The number of carbonyl (C=O) groups is 1. The van der Waals surface area contributed by atoms with Crippen molar-refractivity contribution in [2.24, 2.45) is 0 Å². The zero-order chi connectivity index (χ0) is 24.3. The first-order chi connectivity index (χ1) is 17.0. The zero-order valence-electron chi connectivity index (χ0n) is 19.9. The summed E-state index contributed by atoms with van der Waals surface area (Å²) in [6.45, 7) is 2.01. The second-order valence-corrected chi connectivity index (χ2v) is 10.5. The van der Waals surface area contributed by atoms with Crippen LogP contribution in [0.2, 0.25) is 0 Å². The molecule has 1 N–H and O–H groups in total. The lowest BCUT2D eigenvalue weighted by Crippen LogP contribution is -2.12. The van der Waals surface area contributed by atoms with Crippen molar-refractivity contribution in [1.82, 2.24) is 5.16 Å². The third-order valence-electron chi connectivity index (χ3n) is 6.93. The summed E-state index contributed by atoms with van der Waals surface area (Å²) in [5.74, 6) is 2.05. The van der Waals surface area contributed by atoms with Crippen molar-refractivity contribution in [3.63, 3.8) is 0 Å². The minimum atomic E-state index is -0.723. The number of hydrogen-bond donors (Lipinski definition) is 1. The number of thioether (sulfide) groups is 1. The van der Waals surface area contributed by atoms with Crippen LogP contribution in [0, 0.1) is 6.92 Å². The van der Waals surface area contributed by atoms with E-state index in [4.69, 9.17) is 4.52 Å². The first kappa shape index (κ1) is 23.4. The summed E-state index contributed by atoms with van der Waals surface area (Å²) >= 11 is 1.90. The van der Waals surface area contributed by atoms with E-state index in [1.807, 2.05) is 18.7 Å². The van der Waals surface area contributed by atoms with E-state index >= 15 is 0 Å².